The van der Waals surface area contributed by atoms with Gasteiger partial charge in [0.05, 0.1) is 32.9 Å². The number of hydrogen-bond donors (Lipinski definition) is 1. The summed E-state index contributed by atoms with van der Waals surface area (Å²) in [6.45, 7) is 3.15. The van der Waals surface area contributed by atoms with E-state index in [-0.39, 0.29) is 17.3 Å². The third kappa shape index (κ3) is 5.22. The molecule has 0 unspecified atom stereocenters. The Balaban J connectivity index is 1.60. The topological polar surface area (TPSA) is 94.6 Å². The minimum atomic E-state index is -0.333. The van der Waals surface area contributed by atoms with Gasteiger partial charge in [0.15, 0.2) is 0 Å². The first-order valence-electron chi connectivity index (χ1n) is 12.5. The van der Waals surface area contributed by atoms with Crippen LogP contribution < -0.4 is 19.8 Å². The maximum absolute atomic E-state index is 14.0. The molecule has 39 heavy (non-hydrogen) atoms. The van der Waals surface area contributed by atoms with Crippen LogP contribution in [0.15, 0.2) is 54.9 Å². The zero-order chi connectivity index (χ0) is 27.7. The van der Waals surface area contributed by atoms with Gasteiger partial charge in [0.25, 0.3) is 5.91 Å². The lowest BCUT2D eigenvalue weighted by Gasteiger charge is -2.21. The largest absolute Gasteiger partial charge is 0.497 e. The van der Waals surface area contributed by atoms with Gasteiger partial charge in [-0.05, 0) is 65.6 Å². The number of carbonyl (C=O) groups excluding carboxylic acids is 1. The van der Waals surface area contributed by atoms with Gasteiger partial charge in [-0.15, -0.1) is 0 Å². The molecule has 1 aliphatic heterocycles. The van der Waals surface area contributed by atoms with Crippen molar-refractivity contribution in [2.45, 2.75) is 20.0 Å². The molecular weight excluding hydrogens is 501 g/mol. The van der Waals surface area contributed by atoms with Crippen molar-refractivity contribution in [3.8, 4) is 28.4 Å². The Bertz CT molecular complexity index is 1590. The number of methoxy groups -OCH3 is 2. The third-order valence-corrected chi connectivity index (χ3v) is 6.83. The average molecular weight is 532 g/mol. The number of halogens is 1. The highest BCUT2D eigenvalue weighted by molar-refractivity contribution is 6.00. The summed E-state index contributed by atoms with van der Waals surface area (Å²) in [5.41, 5.74) is 4.49. The lowest BCUT2D eigenvalue weighted by atomic mass is 9.94. The second-order valence-corrected chi connectivity index (χ2v) is 9.48. The third-order valence-electron chi connectivity index (χ3n) is 6.83. The van der Waals surface area contributed by atoms with Crippen LogP contribution in [0.4, 0.5) is 4.39 Å². The molecule has 202 valence electrons. The maximum atomic E-state index is 14.0. The zero-order valence-corrected chi connectivity index (χ0v) is 22.3. The molecule has 9 nitrogen and oxygen atoms in total. The minimum absolute atomic E-state index is 0.186. The molecule has 0 radical (unpaired) electrons. The molecule has 4 aromatic rings. The number of carbonyl (C=O) groups is 1. The Labute approximate surface area is 225 Å². The molecule has 0 bridgehead atoms. The van der Waals surface area contributed by atoms with Crippen molar-refractivity contribution in [2.75, 3.05) is 27.4 Å². The molecule has 0 saturated heterocycles. The van der Waals surface area contributed by atoms with E-state index in [1.54, 1.807) is 49.2 Å². The fourth-order valence-electron chi connectivity index (χ4n) is 4.83. The van der Waals surface area contributed by atoms with Crippen molar-refractivity contribution in [1.29, 1.82) is 5.41 Å². The molecule has 0 saturated carbocycles. The highest BCUT2D eigenvalue weighted by Gasteiger charge is 2.28. The van der Waals surface area contributed by atoms with E-state index >= 15 is 0 Å². The van der Waals surface area contributed by atoms with Crippen molar-refractivity contribution < 1.29 is 23.4 Å². The number of rotatable bonds is 7. The van der Waals surface area contributed by atoms with Gasteiger partial charge in [-0.25, -0.2) is 9.07 Å². The van der Waals surface area contributed by atoms with Crippen LogP contribution in [0.25, 0.3) is 11.1 Å². The van der Waals surface area contributed by atoms with E-state index in [0.29, 0.717) is 54.6 Å². The first-order valence-corrected chi connectivity index (χ1v) is 12.5. The van der Waals surface area contributed by atoms with E-state index in [1.807, 2.05) is 31.2 Å². The molecule has 1 aliphatic rings. The molecule has 0 atom stereocenters. The van der Waals surface area contributed by atoms with Gasteiger partial charge in [0.1, 0.15) is 36.0 Å². The van der Waals surface area contributed by atoms with Crippen LogP contribution in [0.5, 0.6) is 17.2 Å². The Morgan fingerprint density at radius 3 is 2.31 bits per heavy atom. The monoisotopic (exact) mass is 531 g/mol. The van der Waals surface area contributed by atoms with E-state index in [1.165, 1.54) is 16.8 Å². The molecule has 1 aromatic heterocycles. The lowest BCUT2D eigenvalue weighted by molar-refractivity contribution is 0.0742. The SMILES string of the molecule is COc1cc(CN2CCOc3c(cc(Cn4cnn(C)c4=N)cc3-c3ccc(F)cc3C)C2=O)cc(OC)c1. The molecule has 0 fully saturated rings. The molecule has 1 amide bonds. The number of hydrogen-bond acceptors (Lipinski definition) is 6. The summed E-state index contributed by atoms with van der Waals surface area (Å²) in [5.74, 6) is 1.22. The molecule has 2 heterocycles. The van der Waals surface area contributed by atoms with Crippen molar-refractivity contribution in [1.82, 2.24) is 19.2 Å². The smallest absolute Gasteiger partial charge is 0.258 e. The molecular formula is C29H30FN5O4. The van der Waals surface area contributed by atoms with Crippen LogP contribution in [0, 0.1) is 18.2 Å². The second-order valence-electron chi connectivity index (χ2n) is 9.48. The number of benzene rings is 3. The number of amides is 1. The number of nitrogens with zero attached hydrogens (tertiary/aromatic N) is 4. The number of nitrogens with one attached hydrogen (secondary N) is 1. The Morgan fingerprint density at radius 1 is 0.974 bits per heavy atom. The molecule has 0 spiro atoms. The first kappa shape index (κ1) is 26.0. The van der Waals surface area contributed by atoms with Crippen molar-refractivity contribution in [3.05, 3.63) is 88.5 Å². The fraction of sp³-hybridized carbons (Fsp3) is 0.276. The lowest BCUT2D eigenvalue weighted by Crippen LogP contribution is -2.32. The summed E-state index contributed by atoms with van der Waals surface area (Å²) >= 11 is 0. The number of ether oxygens (including phenoxy) is 3. The summed E-state index contributed by atoms with van der Waals surface area (Å²) in [6, 6.07) is 13.9. The maximum Gasteiger partial charge on any atom is 0.258 e. The Hall–Kier alpha value is -4.60. The van der Waals surface area contributed by atoms with Crippen LogP contribution in [0.1, 0.15) is 27.0 Å². The molecule has 1 N–H and O–H groups in total. The summed E-state index contributed by atoms with van der Waals surface area (Å²) in [7, 11) is 4.87. The van der Waals surface area contributed by atoms with Crippen LogP contribution in [0.3, 0.4) is 0 Å². The fourth-order valence-corrected chi connectivity index (χ4v) is 4.83. The van der Waals surface area contributed by atoms with E-state index in [4.69, 9.17) is 19.6 Å². The van der Waals surface area contributed by atoms with Gasteiger partial charge >= 0.3 is 0 Å². The number of aromatic nitrogens is 3. The number of fused-ring (bicyclic) bond motifs is 1. The van der Waals surface area contributed by atoms with E-state index in [0.717, 1.165) is 22.3 Å². The summed E-state index contributed by atoms with van der Waals surface area (Å²) in [6.07, 6.45) is 1.58. The highest BCUT2D eigenvalue weighted by atomic mass is 19.1. The molecule has 0 aliphatic carbocycles. The van der Waals surface area contributed by atoms with E-state index < -0.39 is 0 Å². The van der Waals surface area contributed by atoms with Crippen LogP contribution in [-0.4, -0.2) is 52.5 Å². The predicted octanol–water partition coefficient (Wildman–Crippen LogP) is 3.92. The van der Waals surface area contributed by atoms with Gasteiger partial charge in [-0.1, -0.05) is 6.07 Å². The van der Waals surface area contributed by atoms with Crippen molar-refractivity contribution >= 4 is 5.91 Å². The van der Waals surface area contributed by atoms with Crippen LogP contribution >= 0.6 is 0 Å². The van der Waals surface area contributed by atoms with Crippen molar-refractivity contribution in [2.24, 2.45) is 7.05 Å². The van der Waals surface area contributed by atoms with Gasteiger partial charge in [0, 0.05) is 25.2 Å². The predicted molar refractivity (Wildman–Crippen MR) is 143 cm³/mol. The minimum Gasteiger partial charge on any atom is -0.497 e. The quantitative estimate of drug-likeness (QED) is 0.390. The highest BCUT2D eigenvalue weighted by Crippen LogP contribution is 2.39. The van der Waals surface area contributed by atoms with Gasteiger partial charge in [0.2, 0.25) is 5.62 Å². The van der Waals surface area contributed by atoms with Gasteiger partial charge in [-0.2, -0.15) is 5.10 Å². The van der Waals surface area contributed by atoms with Gasteiger partial charge in [-0.3, -0.25) is 14.8 Å². The van der Waals surface area contributed by atoms with E-state index in [2.05, 4.69) is 5.10 Å². The second kappa shape index (κ2) is 10.6. The number of aryl methyl sites for hydroxylation is 2. The van der Waals surface area contributed by atoms with Crippen molar-refractivity contribution in [3.63, 3.8) is 0 Å². The first-order chi connectivity index (χ1) is 18.8. The summed E-state index contributed by atoms with van der Waals surface area (Å²) < 4.78 is 34.1. The van der Waals surface area contributed by atoms with Crippen LogP contribution in [-0.2, 0) is 20.1 Å². The zero-order valence-electron chi connectivity index (χ0n) is 22.3. The van der Waals surface area contributed by atoms with Crippen LogP contribution in [0.2, 0.25) is 0 Å². The van der Waals surface area contributed by atoms with E-state index in [9.17, 15) is 9.18 Å². The normalized spacial score (nSPS) is 13.1. The molecule has 5 rings (SSSR count). The molecule has 3 aromatic carbocycles. The molecule has 10 heteroatoms. The standard InChI is InChI=1S/C29H30FN5O4/c1-18-9-21(30)5-6-24(18)25-12-20(16-35-17-32-33(2)29(35)31)13-26-27(25)39-8-7-34(28(26)36)15-19-10-22(37-3)14-23(11-19)38-4/h5-6,9-14,17,31H,7-8,15-16H2,1-4H3. The Kier molecular flexibility index (Phi) is 7.10. The summed E-state index contributed by atoms with van der Waals surface area (Å²) in [4.78, 5) is 15.7. The summed E-state index contributed by atoms with van der Waals surface area (Å²) in [5, 5.41) is 12.4. The average Bonchev–Trinajstić information content (AvgIpc) is 3.15. The van der Waals surface area contributed by atoms with Gasteiger partial charge < -0.3 is 19.1 Å². The Morgan fingerprint density at radius 2 is 1.67 bits per heavy atom.